The molecule has 2 aromatic rings. The number of hydrogen-bond donors (Lipinski definition) is 0. The molecule has 2 saturated heterocycles. The Balaban J connectivity index is 1.45. The fourth-order valence-electron chi connectivity index (χ4n) is 3.78. The van der Waals surface area contributed by atoms with Gasteiger partial charge in [-0.1, -0.05) is 0 Å². The summed E-state index contributed by atoms with van der Waals surface area (Å²) in [6.07, 6.45) is 4.22. The Hall–Kier alpha value is -2.40. The Morgan fingerprint density at radius 3 is 2.62 bits per heavy atom. The molecule has 0 radical (unpaired) electrons. The minimum absolute atomic E-state index is 0.0806. The maximum absolute atomic E-state index is 12.9. The summed E-state index contributed by atoms with van der Waals surface area (Å²) in [6.45, 7) is 5.97. The van der Waals surface area contributed by atoms with Crippen LogP contribution in [0.4, 0.5) is 5.69 Å². The number of morpholine rings is 1. The zero-order valence-electron chi connectivity index (χ0n) is 15.2. The van der Waals surface area contributed by atoms with Crippen molar-refractivity contribution >= 4 is 11.6 Å². The lowest BCUT2D eigenvalue weighted by atomic mass is 10.1. The number of hydrogen-bond acceptors (Lipinski definition) is 4. The van der Waals surface area contributed by atoms with Crippen molar-refractivity contribution in [1.29, 1.82) is 0 Å². The molecule has 1 aromatic heterocycles. The number of aryl methyl sites for hydroxylation is 1. The highest BCUT2D eigenvalue weighted by atomic mass is 16.5. The van der Waals surface area contributed by atoms with Gasteiger partial charge in [0.2, 0.25) is 0 Å². The molecule has 26 heavy (non-hydrogen) atoms. The Kier molecular flexibility index (Phi) is 4.89. The van der Waals surface area contributed by atoms with Gasteiger partial charge in [0, 0.05) is 42.8 Å². The van der Waals surface area contributed by atoms with Gasteiger partial charge in [0.05, 0.1) is 13.2 Å². The molecule has 2 aliphatic rings. The van der Waals surface area contributed by atoms with Crippen molar-refractivity contribution in [2.45, 2.75) is 25.9 Å². The standard InChI is InChI=1S/C21H25N3O2/c1-16-14-18(8-9-22-16)20-15-24(12-13-26-20)21(25)17-4-6-19(7-5-17)23-10-2-3-11-23/h4-9,14,20H,2-3,10-13,15H2,1H3/t20-/m0/s1. The predicted octanol–water partition coefficient (Wildman–Crippen LogP) is 3.20. The molecular formula is C21H25N3O2. The zero-order valence-corrected chi connectivity index (χ0v) is 15.2. The normalized spacial score (nSPS) is 20.4. The smallest absolute Gasteiger partial charge is 0.254 e. The first-order valence-electron chi connectivity index (χ1n) is 9.39. The van der Waals surface area contributed by atoms with E-state index >= 15 is 0 Å². The van der Waals surface area contributed by atoms with Crippen LogP contribution in [0.3, 0.4) is 0 Å². The summed E-state index contributed by atoms with van der Waals surface area (Å²) in [5, 5.41) is 0. The van der Waals surface area contributed by atoms with E-state index in [9.17, 15) is 4.79 Å². The summed E-state index contributed by atoms with van der Waals surface area (Å²) in [5.74, 6) is 0.0806. The first-order chi connectivity index (χ1) is 12.7. The Morgan fingerprint density at radius 2 is 1.88 bits per heavy atom. The second-order valence-electron chi connectivity index (χ2n) is 7.08. The van der Waals surface area contributed by atoms with Crippen LogP contribution in [0.1, 0.15) is 40.6 Å². The van der Waals surface area contributed by atoms with Crippen LogP contribution in [0.2, 0.25) is 0 Å². The van der Waals surface area contributed by atoms with Gasteiger partial charge < -0.3 is 14.5 Å². The third kappa shape index (κ3) is 3.58. The van der Waals surface area contributed by atoms with Crippen LogP contribution in [-0.4, -0.2) is 48.6 Å². The van der Waals surface area contributed by atoms with Crippen molar-refractivity contribution in [3.8, 4) is 0 Å². The maximum atomic E-state index is 12.9. The number of benzene rings is 1. The molecule has 0 unspecified atom stereocenters. The van der Waals surface area contributed by atoms with Crippen molar-refractivity contribution < 1.29 is 9.53 Å². The zero-order chi connectivity index (χ0) is 17.9. The van der Waals surface area contributed by atoms with Gasteiger partial charge in [0.25, 0.3) is 5.91 Å². The second-order valence-corrected chi connectivity index (χ2v) is 7.08. The second kappa shape index (κ2) is 7.46. The largest absolute Gasteiger partial charge is 0.372 e. The third-order valence-electron chi connectivity index (χ3n) is 5.23. The summed E-state index contributed by atoms with van der Waals surface area (Å²) in [4.78, 5) is 21.4. The molecule has 2 aliphatic heterocycles. The lowest BCUT2D eigenvalue weighted by Crippen LogP contribution is -2.42. The van der Waals surface area contributed by atoms with Gasteiger partial charge in [0.15, 0.2) is 0 Å². The highest BCUT2D eigenvalue weighted by Crippen LogP contribution is 2.25. The summed E-state index contributed by atoms with van der Waals surface area (Å²) >= 11 is 0. The number of ether oxygens (including phenoxy) is 1. The van der Waals surface area contributed by atoms with E-state index < -0.39 is 0 Å². The van der Waals surface area contributed by atoms with Gasteiger partial charge in [0.1, 0.15) is 6.10 Å². The molecule has 0 aliphatic carbocycles. The fourth-order valence-corrected chi connectivity index (χ4v) is 3.78. The van der Waals surface area contributed by atoms with E-state index in [1.807, 2.05) is 36.1 Å². The van der Waals surface area contributed by atoms with Crippen LogP contribution >= 0.6 is 0 Å². The highest BCUT2D eigenvalue weighted by Gasteiger charge is 2.26. The average molecular weight is 351 g/mol. The molecule has 5 nitrogen and oxygen atoms in total. The van der Waals surface area contributed by atoms with Gasteiger partial charge in [-0.2, -0.15) is 0 Å². The molecule has 0 N–H and O–H groups in total. The average Bonchev–Trinajstić information content (AvgIpc) is 3.22. The topological polar surface area (TPSA) is 45.7 Å². The third-order valence-corrected chi connectivity index (χ3v) is 5.23. The molecule has 0 saturated carbocycles. The van der Waals surface area contributed by atoms with Gasteiger partial charge in [-0.25, -0.2) is 0 Å². The molecule has 5 heteroatoms. The lowest BCUT2D eigenvalue weighted by molar-refractivity contribution is -0.0228. The number of carbonyl (C=O) groups excluding carboxylic acids is 1. The molecule has 0 bridgehead atoms. The van der Waals surface area contributed by atoms with Gasteiger partial charge in [-0.05, 0) is 61.7 Å². The van der Waals surface area contributed by atoms with E-state index in [0.717, 1.165) is 29.9 Å². The molecule has 1 amide bonds. The molecular weight excluding hydrogens is 326 g/mol. The number of rotatable bonds is 3. The van der Waals surface area contributed by atoms with E-state index in [-0.39, 0.29) is 12.0 Å². The fraction of sp³-hybridized carbons (Fsp3) is 0.429. The maximum Gasteiger partial charge on any atom is 0.254 e. The number of nitrogens with zero attached hydrogens (tertiary/aromatic N) is 3. The SMILES string of the molecule is Cc1cc([C@@H]2CN(C(=O)c3ccc(N4CCCC4)cc3)CCO2)ccn1. The van der Waals surface area contributed by atoms with Gasteiger partial charge in [-0.3, -0.25) is 9.78 Å². The summed E-state index contributed by atoms with van der Waals surface area (Å²) in [5.41, 5.74) is 4.01. The molecule has 2 fully saturated rings. The van der Waals surface area contributed by atoms with Crippen LogP contribution in [-0.2, 0) is 4.74 Å². The van der Waals surface area contributed by atoms with E-state index in [1.165, 1.54) is 18.5 Å². The van der Waals surface area contributed by atoms with Crippen LogP contribution < -0.4 is 4.90 Å². The molecule has 136 valence electrons. The minimum atomic E-state index is -0.0849. The minimum Gasteiger partial charge on any atom is -0.372 e. The first kappa shape index (κ1) is 17.0. The van der Waals surface area contributed by atoms with Crippen LogP contribution in [0.25, 0.3) is 0 Å². The number of aromatic nitrogens is 1. The van der Waals surface area contributed by atoms with Crippen molar-refractivity contribution in [3.05, 3.63) is 59.4 Å². The highest BCUT2D eigenvalue weighted by molar-refractivity contribution is 5.94. The van der Waals surface area contributed by atoms with E-state index in [2.05, 4.69) is 22.0 Å². The van der Waals surface area contributed by atoms with Gasteiger partial charge in [-0.15, -0.1) is 0 Å². The number of anilines is 1. The van der Waals surface area contributed by atoms with E-state index in [0.29, 0.717) is 19.7 Å². The molecule has 4 rings (SSSR count). The predicted molar refractivity (Wildman–Crippen MR) is 101 cm³/mol. The lowest BCUT2D eigenvalue weighted by Gasteiger charge is -2.33. The first-order valence-corrected chi connectivity index (χ1v) is 9.39. The Morgan fingerprint density at radius 1 is 1.12 bits per heavy atom. The van der Waals surface area contributed by atoms with Crippen molar-refractivity contribution in [3.63, 3.8) is 0 Å². The van der Waals surface area contributed by atoms with Crippen molar-refractivity contribution in [2.24, 2.45) is 0 Å². The Labute approximate surface area is 154 Å². The van der Waals surface area contributed by atoms with Crippen molar-refractivity contribution in [2.75, 3.05) is 37.7 Å². The number of pyridine rings is 1. The van der Waals surface area contributed by atoms with E-state index in [4.69, 9.17) is 4.74 Å². The van der Waals surface area contributed by atoms with E-state index in [1.54, 1.807) is 6.20 Å². The summed E-state index contributed by atoms with van der Waals surface area (Å²) in [6, 6.07) is 12.1. The number of amides is 1. The summed E-state index contributed by atoms with van der Waals surface area (Å²) < 4.78 is 5.89. The Bertz CT molecular complexity index is 769. The molecule has 0 spiro atoms. The molecule has 3 heterocycles. The van der Waals surface area contributed by atoms with Crippen LogP contribution in [0.15, 0.2) is 42.6 Å². The monoisotopic (exact) mass is 351 g/mol. The number of carbonyl (C=O) groups is 1. The summed E-state index contributed by atoms with van der Waals surface area (Å²) in [7, 11) is 0. The van der Waals surface area contributed by atoms with Crippen molar-refractivity contribution in [1.82, 2.24) is 9.88 Å². The molecule has 1 aromatic carbocycles. The quantitative estimate of drug-likeness (QED) is 0.852. The van der Waals surface area contributed by atoms with Gasteiger partial charge >= 0.3 is 0 Å². The molecule has 1 atom stereocenters. The van der Waals surface area contributed by atoms with Crippen LogP contribution in [0.5, 0.6) is 0 Å². The van der Waals surface area contributed by atoms with Crippen LogP contribution in [0, 0.1) is 6.92 Å².